The van der Waals surface area contributed by atoms with Gasteiger partial charge in [0.2, 0.25) is 5.71 Å². The lowest BCUT2D eigenvalue weighted by Crippen LogP contribution is -2.22. The van der Waals surface area contributed by atoms with E-state index in [0.717, 1.165) is 5.56 Å². The summed E-state index contributed by atoms with van der Waals surface area (Å²) in [7, 11) is 1.71. The number of hydrogen-bond acceptors (Lipinski definition) is 5. The number of carbonyl (C=O) groups is 1. The van der Waals surface area contributed by atoms with Crippen LogP contribution in [0.25, 0.3) is 0 Å². The highest BCUT2D eigenvalue weighted by Crippen LogP contribution is 2.28. The van der Waals surface area contributed by atoms with Crippen molar-refractivity contribution in [2.45, 2.75) is 6.54 Å². The third-order valence-corrected chi connectivity index (χ3v) is 2.77. The molecule has 96 valence electrons. The van der Waals surface area contributed by atoms with Gasteiger partial charge in [-0.3, -0.25) is 15.6 Å². The standard InChI is InChI=1S/C12H12N6O/c1-18-6-7-3-2-4-8(10(7)12(18)19)16-17-9(5-13)11(14)15/h2-4,16H,6H2,1H3,(H3,14,15)/b17-9+. The third kappa shape index (κ3) is 2.24. The molecule has 19 heavy (non-hydrogen) atoms. The topological polar surface area (TPSA) is 118 Å². The molecule has 1 aromatic carbocycles. The molecule has 1 aliphatic heterocycles. The summed E-state index contributed by atoms with van der Waals surface area (Å²) in [4.78, 5) is 13.6. The Bertz CT molecular complexity index is 628. The molecule has 7 heteroatoms. The molecule has 1 aromatic rings. The normalized spacial score (nSPS) is 14.0. The van der Waals surface area contributed by atoms with Crippen molar-refractivity contribution in [3.63, 3.8) is 0 Å². The van der Waals surface area contributed by atoms with E-state index in [1.165, 1.54) is 0 Å². The summed E-state index contributed by atoms with van der Waals surface area (Å²) in [5.74, 6) is -0.527. The zero-order chi connectivity index (χ0) is 14.0. The number of amidine groups is 1. The van der Waals surface area contributed by atoms with E-state index in [2.05, 4.69) is 10.5 Å². The maximum atomic E-state index is 12.0. The molecule has 0 fully saturated rings. The van der Waals surface area contributed by atoms with Crippen molar-refractivity contribution in [3.8, 4) is 6.07 Å². The van der Waals surface area contributed by atoms with Gasteiger partial charge in [0.15, 0.2) is 5.84 Å². The molecule has 0 atom stereocenters. The molecule has 0 aliphatic carbocycles. The number of amides is 1. The zero-order valence-electron chi connectivity index (χ0n) is 10.3. The SMILES string of the molecule is CN1Cc2cccc(N/N=C(\C#N)C(=N)N)c2C1=O. The lowest BCUT2D eigenvalue weighted by molar-refractivity contribution is 0.0817. The number of fused-ring (bicyclic) bond motifs is 1. The largest absolute Gasteiger partial charge is 0.382 e. The van der Waals surface area contributed by atoms with Crippen LogP contribution in [0, 0.1) is 16.7 Å². The molecule has 1 heterocycles. The summed E-state index contributed by atoms with van der Waals surface area (Å²) in [6.45, 7) is 0.547. The lowest BCUT2D eigenvalue weighted by atomic mass is 10.1. The smallest absolute Gasteiger partial charge is 0.256 e. The van der Waals surface area contributed by atoms with Gasteiger partial charge in [0.05, 0.1) is 11.3 Å². The molecule has 0 unspecified atom stereocenters. The number of nitrogens with zero attached hydrogens (tertiary/aromatic N) is 3. The first-order chi connectivity index (χ1) is 9.04. The maximum absolute atomic E-state index is 12.0. The molecule has 1 aliphatic rings. The second-order valence-electron chi connectivity index (χ2n) is 4.10. The minimum absolute atomic E-state index is 0.102. The predicted molar refractivity (Wildman–Crippen MR) is 70.8 cm³/mol. The summed E-state index contributed by atoms with van der Waals surface area (Å²) in [6, 6.07) is 7.05. The summed E-state index contributed by atoms with van der Waals surface area (Å²) >= 11 is 0. The Labute approximate surface area is 109 Å². The van der Waals surface area contributed by atoms with Crippen LogP contribution in [-0.2, 0) is 6.54 Å². The number of nitrogens with one attached hydrogen (secondary N) is 2. The van der Waals surface area contributed by atoms with Gasteiger partial charge in [-0.15, -0.1) is 0 Å². The van der Waals surface area contributed by atoms with Crippen molar-refractivity contribution < 1.29 is 4.79 Å². The Morgan fingerprint density at radius 1 is 1.63 bits per heavy atom. The Morgan fingerprint density at radius 3 is 3.00 bits per heavy atom. The van der Waals surface area contributed by atoms with Crippen molar-refractivity contribution in [1.82, 2.24) is 4.90 Å². The first-order valence-electron chi connectivity index (χ1n) is 5.50. The second-order valence-corrected chi connectivity index (χ2v) is 4.10. The molecule has 0 spiro atoms. The number of anilines is 1. The van der Waals surface area contributed by atoms with E-state index in [9.17, 15) is 4.79 Å². The number of hydrogen-bond donors (Lipinski definition) is 3. The Morgan fingerprint density at radius 2 is 2.37 bits per heavy atom. The van der Waals surface area contributed by atoms with Gasteiger partial charge in [-0.25, -0.2) is 0 Å². The predicted octanol–water partition coefficient (Wildman–Crippen LogP) is 0.500. The van der Waals surface area contributed by atoms with Crippen LogP contribution in [0.1, 0.15) is 15.9 Å². The molecule has 0 aromatic heterocycles. The molecule has 0 saturated carbocycles. The second kappa shape index (κ2) is 4.78. The van der Waals surface area contributed by atoms with Gasteiger partial charge in [0.1, 0.15) is 6.07 Å². The Hall–Kier alpha value is -2.88. The summed E-state index contributed by atoms with van der Waals surface area (Å²) < 4.78 is 0. The third-order valence-electron chi connectivity index (χ3n) is 2.77. The quantitative estimate of drug-likeness (QED) is 0.414. The highest BCUT2D eigenvalue weighted by Gasteiger charge is 2.27. The van der Waals surface area contributed by atoms with Crippen molar-refractivity contribution in [2.75, 3.05) is 12.5 Å². The van der Waals surface area contributed by atoms with E-state index in [4.69, 9.17) is 16.4 Å². The van der Waals surface area contributed by atoms with Gasteiger partial charge in [0.25, 0.3) is 5.91 Å². The van der Waals surface area contributed by atoms with Gasteiger partial charge in [-0.2, -0.15) is 10.4 Å². The van der Waals surface area contributed by atoms with Crippen LogP contribution in [0.4, 0.5) is 5.69 Å². The average molecular weight is 256 g/mol. The summed E-state index contributed by atoms with van der Waals surface area (Å²) in [6.07, 6.45) is 0. The number of nitriles is 1. The van der Waals surface area contributed by atoms with Crippen LogP contribution in [0.15, 0.2) is 23.3 Å². The minimum Gasteiger partial charge on any atom is -0.382 e. The molecule has 7 nitrogen and oxygen atoms in total. The molecular weight excluding hydrogens is 244 g/mol. The number of rotatable bonds is 3. The van der Waals surface area contributed by atoms with E-state index >= 15 is 0 Å². The molecule has 0 bridgehead atoms. The highest BCUT2D eigenvalue weighted by molar-refractivity contribution is 6.45. The van der Waals surface area contributed by atoms with Gasteiger partial charge < -0.3 is 10.6 Å². The van der Waals surface area contributed by atoms with E-state index in [1.54, 1.807) is 30.1 Å². The van der Waals surface area contributed by atoms with E-state index in [-0.39, 0.29) is 11.6 Å². The molecular formula is C12H12N6O. The van der Waals surface area contributed by atoms with Gasteiger partial charge in [-0.05, 0) is 11.6 Å². The number of hydrazone groups is 1. The van der Waals surface area contributed by atoms with Crippen LogP contribution >= 0.6 is 0 Å². The zero-order valence-corrected chi connectivity index (χ0v) is 10.3. The molecule has 2 rings (SSSR count). The molecule has 1 amide bonds. The minimum atomic E-state index is -0.425. The van der Waals surface area contributed by atoms with Crippen molar-refractivity contribution >= 4 is 23.1 Å². The van der Waals surface area contributed by atoms with Crippen LogP contribution in [0.3, 0.4) is 0 Å². The average Bonchev–Trinajstić information content (AvgIpc) is 2.66. The fourth-order valence-electron chi connectivity index (χ4n) is 1.86. The number of benzene rings is 1. The fraction of sp³-hybridized carbons (Fsp3) is 0.167. The molecule has 4 N–H and O–H groups in total. The van der Waals surface area contributed by atoms with Gasteiger partial charge in [0, 0.05) is 13.6 Å². The van der Waals surface area contributed by atoms with Gasteiger partial charge >= 0.3 is 0 Å². The van der Waals surface area contributed by atoms with E-state index in [0.29, 0.717) is 17.8 Å². The van der Waals surface area contributed by atoms with E-state index < -0.39 is 5.84 Å². The Kier molecular flexibility index (Phi) is 3.16. The first-order valence-corrected chi connectivity index (χ1v) is 5.50. The van der Waals surface area contributed by atoms with Crippen LogP contribution < -0.4 is 11.2 Å². The highest BCUT2D eigenvalue weighted by atomic mass is 16.2. The number of carbonyl (C=O) groups excluding carboxylic acids is 1. The molecule has 0 radical (unpaired) electrons. The van der Waals surface area contributed by atoms with Crippen LogP contribution in [0.5, 0.6) is 0 Å². The fourth-order valence-corrected chi connectivity index (χ4v) is 1.86. The molecule has 0 saturated heterocycles. The van der Waals surface area contributed by atoms with Crippen molar-refractivity contribution in [3.05, 3.63) is 29.3 Å². The monoisotopic (exact) mass is 256 g/mol. The first kappa shape index (κ1) is 12.6. The summed E-state index contributed by atoms with van der Waals surface area (Å²) in [5.41, 5.74) is 9.52. The van der Waals surface area contributed by atoms with Crippen LogP contribution in [0.2, 0.25) is 0 Å². The van der Waals surface area contributed by atoms with Gasteiger partial charge in [-0.1, -0.05) is 12.1 Å². The van der Waals surface area contributed by atoms with Crippen molar-refractivity contribution in [2.24, 2.45) is 10.8 Å². The number of nitrogens with two attached hydrogens (primary N) is 1. The van der Waals surface area contributed by atoms with E-state index in [1.807, 2.05) is 6.07 Å². The Balaban J connectivity index is 2.35. The maximum Gasteiger partial charge on any atom is 0.256 e. The lowest BCUT2D eigenvalue weighted by Gasteiger charge is -2.07. The summed E-state index contributed by atoms with van der Waals surface area (Å²) in [5, 5.41) is 19.6. The van der Waals surface area contributed by atoms with Crippen molar-refractivity contribution in [1.29, 1.82) is 10.7 Å². The van der Waals surface area contributed by atoms with Crippen LogP contribution in [-0.4, -0.2) is 29.4 Å².